The average Bonchev–Trinajstić information content (AvgIpc) is 2.35. The minimum absolute atomic E-state index is 0.00836. The third-order valence-electron chi connectivity index (χ3n) is 2.17. The van der Waals surface area contributed by atoms with Crippen LogP contribution in [-0.2, 0) is 0 Å². The molecule has 0 radical (unpaired) electrons. The lowest BCUT2D eigenvalue weighted by Crippen LogP contribution is -1.98. The van der Waals surface area contributed by atoms with Crippen LogP contribution in [0.2, 0.25) is 0 Å². The molecule has 0 aliphatic heterocycles. The Labute approximate surface area is 97.4 Å². The quantitative estimate of drug-likeness (QED) is 0.598. The van der Waals surface area contributed by atoms with Gasteiger partial charge in [-0.05, 0) is 12.5 Å². The van der Waals surface area contributed by atoms with Crippen molar-refractivity contribution in [2.24, 2.45) is 0 Å². The molecule has 2 aromatic rings. The number of rotatable bonds is 4. The first-order valence-electron chi connectivity index (χ1n) is 5.24. The highest BCUT2D eigenvalue weighted by Gasteiger charge is 2.08. The van der Waals surface area contributed by atoms with E-state index in [0.717, 1.165) is 6.42 Å². The molecule has 0 atom stereocenters. The molecule has 1 aromatic carbocycles. The van der Waals surface area contributed by atoms with Gasteiger partial charge in [0, 0.05) is 12.1 Å². The van der Waals surface area contributed by atoms with Crippen LogP contribution in [0.15, 0.2) is 24.4 Å². The Balaban J connectivity index is 2.36. The minimum atomic E-state index is -0.456. The molecule has 0 saturated heterocycles. The molecule has 0 unspecified atom stereocenters. The summed E-state index contributed by atoms with van der Waals surface area (Å²) < 4.78 is 5.33. The van der Waals surface area contributed by atoms with Gasteiger partial charge >= 0.3 is 0 Å². The SMILES string of the molecule is CCCOc1cnc2cc([N+](=O)[O-])ccc2n1. The lowest BCUT2D eigenvalue weighted by molar-refractivity contribution is -0.384. The van der Waals surface area contributed by atoms with E-state index >= 15 is 0 Å². The fourth-order valence-electron chi connectivity index (χ4n) is 1.37. The summed E-state index contributed by atoms with van der Waals surface area (Å²) in [4.78, 5) is 18.4. The second-order valence-corrected chi connectivity index (χ2v) is 3.49. The second-order valence-electron chi connectivity index (χ2n) is 3.49. The predicted molar refractivity (Wildman–Crippen MR) is 62.0 cm³/mol. The van der Waals surface area contributed by atoms with Gasteiger partial charge in [0.05, 0.1) is 28.8 Å². The van der Waals surface area contributed by atoms with Crippen LogP contribution in [0.4, 0.5) is 5.69 Å². The fourth-order valence-corrected chi connectivity index (χ4v) is 1.37. The molecule has 6 heteroatoms. The maximum Gasteiger partial charge on any atom is 0.271 e. The Kier molecular flexibility index (Phi) is 3.13. The third kappa shape index (κ3) is 2.47. The summed E-state index contributed by atoms with van der Waals surface area (Å²) >= 11 is 0. The highest BCUT2D eigenvalue weighted by Crippen LogP contribution is 2.19. The Hall–Kier alpha value is -2.24. The highest BCUT2D eigenvalue weighted by atomic mass is 16.6. The first kappa shape index (κ1) is 11.3. The van der Waals surface area contributed by atoms with Gasteiger partial charge in [0.2, 0.25) is 5.88 Å². The Bertz CT molecular complexity index is 557. The molecular weight excluding hydrogens is 222 g/mol. The maximum atomic E-state index is 10.6. The number of hydrogen-bond donors (Lipinski definition) is 0. The van der Waals surface area contributed by atoms with Crippen molar-refractivity contribution in [1.29, 1.82) is 0 Å². The molecule has 0 fully saturated rings. The lowest BCUT2D eigenvalue weighted by Gasteiger charge is -2.03. The number of aromatic nitrogens is 2. The lowest BCUT2D eigenvalue weighted by atomic mass is 10.2. The largest absolute Gasteiger partial charge is 0.477 e. The monoisotopic (exact) mass is 233 g/mol. The molecule has 6 nitrogen and oxygen atoms in total. The first-order chi connectivity index (χ1) is 8.20. The normalized spacial score (nSPS) is 10.4. The van der Waals surface area contributed by atoms with Crippen LogP contribution in [0.5, 0.6) is 5.88 Å². The summed E-state index contributed by atoms with van der Waals surface area (Å²) in [6.45, 7) is 2.57. The van der Waals surface area contributed by atoms with Crippen LogP contribution in [0.25, 0.3) is 11.0 Å². The summed E-state index contributed by atoms with van der Waals surface area (Å²) in [6.07, 6.45) is 2.36. The number of nitro groups is 1. The number of nitro benzene ring substituents is 1. The van der Waals surface area contributed by atoms with Gasteiger partial charge < -0.3 is 4.74 Å². The maximum absolute atomic E-state index is 10.6. The Morgan fingerprint density at radius 2 is 2.24 bits per heavy atom. The summed E-state index contributed by atoms with van der Waals surface area (Å²) in [5.74, 6) is 0.438. The zero-order valence-electron chi connectivity index (χ0n) is 9.29. The van der Waals surface area contributed by atoms with Crippen molar-refractivity contribution >= 4 is 16.7 Å². The van der Waals surface area contributed by atoms with E-state index in [1.54, 1.807) is 6.07 Å². The smallest absolute Gasteiger partial charge is 0.271 e. The average molecular weight is 233 g/mol. The van der Waals surface area contributed by atoms with Gasteiger partial charge in [-0.15, -0.1) is 0 Å². The van der Waals surface area contributed by atoms with E-state index in [9.17, 15) is 10.1 Å². The number of non-ortho nitro benzene ring substituents is 1. The van der Waals surface area contributed by atoms with Crippen LogP contribution in [0.3, 0.4) is 0 Å². The molecule has 1 heterocycles. The molecule has 0 amide bonds. The van der Waals surface area contributed by atoms with Gasteiger partial charge in [-0.2, -0.15) is 0 Å². The standard InChI is InChI=1S/C11H11N3O3/c1-2-5-17-11-7-12-10-6-8(14(15)16)3-4-9(10)13-11/h3-4,6-7H,2,5H2,1H3. The molecule has 0 bridgehead atoms. The Morgan fingerprint density at radius 1 is 1.41 bits per heavy atom. The van der Waals surface area contributed by atoms with Gasteiger partial charge in [-0.1, -0.05) is 6.92 Å². The molecule has 0 spiro atoms. The second kappa shape index (κ2) is 4.73. The van der Waals surface area contributed by atoms with Crippen molar-refractivity contribution in [2.75, 3.05) is 6.61 Å². The zero-order valence-corrected chi connectivity index (χ0v) is 9.29. The van der Waals surface area contributed by atoms with Gasteiger partial charge in [0.15, 0.2) is 0 Å². The van der Waals surface area contributed by atoms with Crippen molar-refractivity contribution < 1.29 is 9.66 Å². The van der Waals surface area contributed by atoms with E-state index in [0.29, 0.717) is 23.5 Å². The van der Waals surface area contributed by atoms with E-state index in [-0.39, 0.29) is 5.69 Å². The van der Waals surface area contributed by atoms with E-state index in [2.05, 4.69) is 9.97 Å². The highest BCUT2D eigenvalue weighted by molar-refractivity contribution is 5.77. The first-order valence-corrected chi connectivity index (χ1v) is 5.24. The van der Waals surface area contributed by atoms with Crippen LogP contribution in [0.1, 0.15) is 13.3 Å². The molecule has 0 saturated carbocycles. The summed E-state index contributed by atoms with van der Waals surface area (Å²) in [7, 11) is 0. The summed E-state index contributed by atoms with van der Waals surface area (Å²) in [6, 6.07) is 4.37. The molecule has 88 valence electrons. The minimum Gasteiger partial charge on any atom is -0.477 e. The number of hydrogen-bond acceptors (Lipinski definition) is 5. The number of ether oxygens (including phenoxy) is 1. The van der Waals surface area contributed by atoms with Crippen LogP contribution < -0.4 is 4.74 Å². The fraction of sp³-hybridized carbons (Fsp3) is 0.273. The summed E-state index contributed by atoms with van der Waals surface area (Å²) in [5.41, 5.74) is 1.08. The molecule has 1 aromatic heterocycles. The van der Waals surface area contributed by atoms with E-state index < -0.39 is 4.92 Å². The van der Waals surface area contributed by atoms with Crippen LogP contribution in [0, 0.1) is 10.1 Å². The zero-order chi connectivity index (χ0) is 12.3. The molecule has 17 heavy (non-hydrogen) atoms. The summed E-state index contributed by atoms with van der Waals surface area (Å²) in [5, 5.41) is 10.6. The topological polar surface area (TPSA) is 78.2 Å². The van der Waals surface area contributed by atoms with E-state index in [1.165, 1.54) is 18.3 Å². The van der Waals surface area contributed by atoms with Gasteiger partial charge in [0.25, 0.3) is 5.69 Å². The molecule has 0 aliphatic carbocycles. The predicted octanol–water partition coefficient (Wildman–Crippen LogP) is 2.33. The van der Waals surface area contributed by atoms with Gasteiger partial charge in [-0.25, -0.2) is 9.97 Å². The molecular formula is C11H11N3O3. The van der Waals surface area contributed by atoms with Crippen molar-refractivity contribution in [3.63, 3.8) is 0 Å². The molecule has 2 rings (SSSR count). The number of fused-ring (bicyclic) bond motifs is 1. The number of benzene rings is 1. The van der Waals surface area contributed by atoms with Crippen LogP contribution >= 0.6 is 0 Å². The van der Waals surface area contributed by atoms with Crippen molar-refractivity contribution in [3.05, 3.63) is 34.5 Å². The third-order valence-corrected chi connectivity index (χ3v) is 2.17. The van der Waals surface area contributed by atoms with Crippen molar-refractivity contribution in [1.82, 2.24) is 9.97 Å². The van der Waals surface area contributed by atoms with Gasteiger partial charge in [-0.3, -0.25) is 10.1 Å². The van der Waals surface area contributed by atoms with Gasteiger partial charge in [0.1, 0.15) is 0 Å². The molecule has 0 N–H and O–H groups in total. The van der Waals surface area contributed by atoms with Crippen molar-refractivity contribution in [3.8, 4) is 5.88 Å². The molecule has 0 aliphatic rings. The van der Waals surface area contributed by atoms with E-state index in [4.69, 9.17) is 4.74 Å². The van der Waals surface area contributed by atoms with E-state index in [1.807, 2.05) is 6.92 Å². The van der Waals surface area contributed by atoms with Crippen molar-refractivity contribution in [2.45, 2.75) is 13.3 Å². The Morgan fingerprint density at radius 3 is 2.94 bits per heavy atom. The number of nitrogens with zero attached hydrogens (tertiary/aromatic N) is 3. The van der Waals surface area contributed by atoms with Crippen LogP contribution in [-0.4, -0.2) is 21.5 Å².